The van der Waals surface area contributed by atoms with E-state index < -0.39 is 16.4 Å². The van der Waals surface area contributed by atoms with E-state index in [4.69, 9.17) is 9.47 Å². The van der Waals surface area contributed by atoms with Crippen LogP contribution in [-0.4, -0.2) is 77.1 Å². The Labute approximate surface area is 205 Å². The second kappa shape index (κ2) is 10.5. The Morgan fingerprint density at radius 3 is 2.66 bits per heavy atom. The topological polar surface area (TPSA) is 123 Å². The average Bonchev–Trinajstić information content (AvgIpc) is 2.77. The van der Waals surface area contributed by atoms with Crippen LogP contribution in [0, 0.1) is 16.0 Å². The number of rotatable bonds is 6. The third-order valence-electron chi connectivity index (χ3n) is 5.97. The third kappa shape index (κ3) is 6.61. The Morgan fingerprint density at radius 1 is 1.31 bits per heavy atom. The first kappa shape index (κ1) is 26.2. The van der Waals surface area contributed by atoms with Crippen LogP contribution < -0.4 is 9.64 Å². The number of nitro benzene ring substituents is 1. The lowest BCUT2D eigenvalue weighted by atomic mass is 9.97. The van der Waals surface area contributed by atoms with Gasteiger partial charge in [-0.15, -0.1) is 0 Å². The summed E-state index contributed by atoms with van der Waals surface area (Å²) >= 11 is 0. The number of carbonyl (C=O) groups is 3. The molecule has 1 fully saturated rings. The number of ether oxygens (including phenoxy) is 2. The highest BCUT2D eigenvalue weighted by Crippen LogP contribution is 2.35. The summed E-state index contributed by atoms with van der Waals surface area (Å²) in [5.74, 6) is -0.299. The van der Waals surface area contributed by atoms with Crippen LogP contribution in [0.25, 0.3) is 0 Å². The van der Waals surface area contributed by atoms with E-state index in [0.717, 1.165) is 12.8 Å². The predicted molar refractivity (Wildman–Crippen MR) is 128 cm³/mol. The lowest BCUT2D eigenvalue weighted by Gasteiger charge is -2.38. The van der Waals surface area contributed by atoms with Crippen molar-refractivity contribution in [3.05, 3.63) is 28.3 Å². The normalized spacial score (nSPS) is 18.1. The Hall–Kier alpha value is -3.37. The van der Waals surface area contributed by atoms with Gasteiger partial charge < -0.3 is 19.3 Å². The molecule has 3 rings (SSSR count). The van der Waals surface area contributed by atoms with E-state index in [1.54, 1.807) is 9.80 Å². The molecule has 35 heavy (non-hydrogen) atoms. The van der Waals surface area contributed by atoms with Gasteiger partial charge in [-0.3, -0.25) is 24.6 Å². The minimum atomic E-state index is -0.602. The Bertz CT molecular complexity index is 989. The quantitative estimate of drug-likeness (QED) is 0.443. The molecule has 1 atom stereocenters. The Kier molecular flexibility index (Phi) is 7.86. The van der Waals surface area contributed by atoms with Crippen LogP contribution in [0.2, 0.25) is 0 Å². The van der Waals surface area contributed by atoms with Crippen LogP contribution in [0.1, 0.15) is 47.5 Å². The first-order valence-electron chi connectivity index (χ1n) is 11.8. The van der Waals surface area contributed by atoms with Crippen LogP contribution in [-0.2, 0) is 14.3 Å². The van der Waals surface area contributed by atoms with Crippen molar-refractivity contribution in [2.24, 2.45) is 5.92 Å². The molecule has 1 saturated heterocycles. The molecular weight excluding hydrogens is 456 g/mol. The number of benzene rings is 1. The molecule has 192 valence electrons. The second-order valence-electron chi connectivity index (χ2n) is 10.3. The first-order chi connectivity index (χ1) is 16.4. The molecule has 11 nitrogen and oxygen atoms in total. The number of fused-ring (bicyclic) bond motifs is 1. The largest absolute Gasteiger partial charge is 0.482 e. The van der Waals surface area contributed by atoms with E-state index in [2.05, 4.69) is 0 Å². The van der Waals surface area contributed by atoms with Gasteiger partial charge in [-0.25, -0.2) is 4.79 Å². The number of hydrogen-bond donors (Lipinski definition) is 0. The van der Waals surface area contributed by atoms with Crippen molar-refractivity contribution in [3.63, 3.8) is 0 Å². The molecule has 0 N–H and O–H groups in total. The number of piperidine rings is 1. The molecule has 3 amide bonds. The first-order valence-corrected chi connectivity index (χ1v) is 11.8. The number of likely N-dealkylation sites (tertiary alicyclic amines) is 1. The van der Waals surface area contributed by atoms with Gasteiger partial charge in [0.1, 0.15) is 17.9 Å². The molecule has 11 heteroatoms. The van der Waals surface area contributed by atoms with Crippen molar-refractivity contribution < 1.29 is 28.8 Å². The van der Waals surface area contributed by atoms with E-state index >= 15 is 0 Å². The van der Waals surface area contributed by atoms with Gasteiger partial charge in [0.05, 0.1) is 10.6 Å². The Morgan fingerprint density at radius 2 is 2.03 bits per heavy atom. The zero-order chi connectivity index (χ0) is 25.9. The molecule has 1 aromatic rings. The minimum Gasteiger partial charge on any atom is -0.482 e. The van der Waals surface area contributed by atoms with Crippen molar-refractivity contribution in [1.82, 2.24) is 9.80 Å². The molecule has 0 aliphatic carbocycles. The van der Waals surface area contributed by atoms with Crippen molar-refractivity contribution in [1.29, 1.82) is 0 Å². The summed E-state index contributed by atoms with van der Waals surface area (Å²) in [4.78, 5) is 53.7. The standard InChI is InChI=1S/C24H34N4O7/c1-16(2)26(23(31)35-24(3,4)5)13-17-7-6-10-25(12-17)21(29)14-27-19-11-18(28(32)33)8-9-20(19)34-15-22(27)30/h8-9,11,16-17H,6-7,10,12-15H2,1-5H3. The second-order valence-corrected chi connectivity index (χ2v) is 10.3. The highest BCUT2D eigenvalue weighted by atomic mass is 16.6. The smallest absolute Gasteiger partial charge is 0.410 e. The number of nitrogens with zero attached hydrogens (tertiary/aromatic N) is 4. The number of hydrogen-bond acceptors (Lipinski definition) is 7. The average molecular weight is 491 g/mol. The van der Waals surface area contributed by atoms with E-state index in [9.17, 15) is 24.5 Å². The molecule has 1 unspecified atom stereocenters. The van der Waals surface area contributed by atoms with Gasteiger partial charge in [0.15, 0.2) is 6.61 Å². The molecule has 1 aromatic carbocycles. The summed E-state index contributed by atoms with van der Waals surface area (Å²) in [5.41, 5.74) is -0.573. The molecule has 0 saturated carbocycles. The molecule has 2 heterocycles. The van der Waals surface area contributed by atoms with Crippen molar-refractivity contribution in [2.45, 2.75) is 59.1 Å². The lowest BCUT2D eigenvalue weighted by molar-refractivity contribution is -0.384. The number of non-ortho nitro benzene ring substituents is 1. The van der Waals surface area contributed by atoms with Crippen LogP contribution in [0.4, 0.5) is 16.2 Å². The van der Waals surface area contributed by atoms with E-state index in [0.29, 0.717) is 25.4 Å². The van der Waals surface area contributed by atoms with Crippen LogP contribution in [0.15, 0.2) is 18.2 Å². The number of anilines is 1. The summed E-state index contributed by atoms with van der Waals surface area (Å²) in [5, 5.41) is 11.2. The zero-order valence-electron chi connectivity index (χ0n) is 21.0. The minimum absolute atomic E-state index is 0.0609. The molecule has 0 aromatic heterocycles. The van der Waals surface area contributed by atoms with Gasteiger partial charge in [-0.2, -0.15) is 0 Å². The number of carbonyl (C=O) groups excluding carboxylic acids is 3. The molecule has 0 bridgehead atoms. The summed E-state index contributed by atoms with van der Waals surface area (Å²) in [6, 6.07) is 3.93. The van der Waals surface area contributed by atoms with Crippen molar-refractivity contribution >= 4 is 29.3 Å². The van der Waals surface area contributed by atoms with Gasteiger partial charge >= 0.3 is 6.09 Å². The summed E-state index contributed by atoms with van der Waals surface area (Å²) in [6.45, 7) is 10.3. The molecule has 0 spiro atoms. The van der Waals surface area contributed by atoms with Crippen molar-refractivity contribution in [2.75, 3.05) is 37.7 Å². The summed E-state index contributed by atoms with van der Waals surface area (Å²) < 4.78 is 10.9. The summed E-state index contributed by atoms with van der Waals surface area (Å²) in [7, 11) is 0. The fraction of sp³-hybridized carbons (Fsp3) is 0.625. The van der Waals surface area contributed by atoms with Crippen LogP contribution in [0.5, 0.6) is 5.75 Å². The fourth-order valence-corrected chi connectivity index (χ4v) is 4.25. The maximum absolute atomic E-state index is 13.2. The highest BCUT2D eigenvalue weighted by Gasteiger charge is 2.33. The number of nitro groups is 1. The van der Waals surface area contributed by atoms with Gasteiger partial charge in [-0.05, 0) is 59.4 Å². The molecule has 2 aliphatic heterocycles. The number of amides is 3. The lowest BCUT2D eigenvalue weighted by Crippen LogP contribution is -2.51. The van der Waals surface area contributed by atoms with Crippen molar-refractivity contribution in [3.8, 4) is 5.75 Å². The van der Waals surface area contributed by atoms with Gasteiger partial charge in [0.2, 0.25) is 5.91 Å². The van der Waals surface area contributed by atoms with Crippen LogP contribution in [0.3, 0.4) is 0 Å². The van der Waals surface area contributed by atoms with Gasteiger partial charge in [0, 0.05) is 37.8 Å². The predicted octanol–water partition coefficient (Wildman–Crippen LogP) is 3.20. The van der Waals surface area contributed by atoms with Gasteiger partial charge in [-0.1, -0.05) is 0 Å². The molecule has 2 aliphatic rings. The maximum atomic E-state index is 13.2. The van der Waals surface area contributed by atoms with E-state index in [-0.39, 0.29) is 48.5 Å². The molecule has 0 radical (unpaired) electrons. The SMILES string of the molecule is CC(C)N(CC1CCCN(C(=O)CN2C(=O)COc3ccc([N+](=O)[O-])cc32)C1)C(=O)OC(C)(C)C. The van der Waals surface area contributed by atoms with Gasteiger partial charge in [0.25, 0.3) is 11.6 Å². The maximum Gasteiger partial charge on any atom is 0.410 e. The van der Waals surface area contributed by atoms with E-state index in [1.165, 1.54) is 23.1 Å². The Balaban J connectivity index is 1.69. The van der Waals surface area contributed by atoms with Crippen LogP contribution >= 0.6 is 0 Å². The zero-order valence-corrected chi connectivity index (χ0v) is 21.0. The monoisotopic (exact) mass is 490 g/mol. The van der Waals surface area contributed by atoms with E-state index in [1.807, 2.05) is 34.6 Å². The third-order valence-corrected chi connectivity index (χ3v) is 5.97. The highest BCUT2D eigenvalue weighted by molar-refractivity contribution is 6.02. The summed E-state index contributed by atoms with van der Waals surface area (Å²) in [6.07, 6.45) is 1.25. The molecular formula is C24H34N4O7. The fourth-order valence-electron chi connectivity index (χ4n) is 4.25.